The molecule has 1 heterocycles. The first-order valence-electron chi connectivity index (χ1n) is 8.03. The van der Waals surface area contributed by atoms with Crippen molar-refractivity contribution in [1.29, 1.82) is 0 Å². The van der Waals surface area contributed by atoms with Crippen molar-refractivity contribution in [3.63, 3.8) is 0 Å². The van der Waals surface area contributed by atoms with Crippen molar-refractivity contribution in [2.45, 2.75) is 53.1 Å². The Hall–Kier alpha value is -0.860. The van der Waals surface area contributed by atoms with Crippen LogP contribution in [0.4, 0.5) is 0 Å². The minimum absolute atomic E-state index is 0.326. The topological polar surface area (TPSA) is 15.3 Å². The van der Waals surface area contributed by atoms with E-state index < -0.39 is 0 Å². The van der Waals surface area contributed by atoms with Gasteiger partial charge in [0.1, 0.15) is 0 Å². The molecule has 1 aliphatic rings. The Labute approximate surface area is 124 Å². The number of nitrogens with zero attached hydrogens (tertiary/aromatic N) is 1. The molecule has 0 bridgehead atoms. The summed E-state index contributed by atoms with van der Waals surface area (Å²) in [6, 6.07) is 9.48. The molecule has 1 saturated heterocycles. The molecule has 1 N–H and O–H groups in total. The fourth-order valence-electron chi connectivity index (χ4n) is 3.01. The van der Waals surface area contributed by atoms with Crippen molar-refractivity contribution in [2.24, 2.45) is 5.41 Å². The molecule has 0 radical (unpaired) electrons. The van der Waals surface area contributed by atoms with Gasteiger partial charge in [0.25, 0.3) is 0 Å². The van der Waals surface area contributed by atoms with Gasteiger partial charge in [-0.3, -0.25) is 4.90 Å². The van der Waals surface area contributed by atoms with E-state index in [2.05, 4.69) is 62.2 Å². The smallest absolute Gasteiger partial charge is 0.0243 e. The Morgan fingerprint density at radius 2 is 1.90 bits per heavy atom. The first kappa shape index (κ1) is 15.5. The Morgan fingerprint density at radius 1 is 1.20 bits per heavy atom. The lowest BCUT2D eigenvalue weighted by atomic mass is 9.86. The van der Waals surface area contributed by atoms with Gasteiger partial charge in [-0.15, -0.1) is 0 Å². The first-order chi connectivity index (χ1) is 9.50. The molecule has 0 aliphatic carbocycles. The third kappa shape index (κ3) is 4.07. The molecule has 1 aromatic rings. The van der Waals surface area contributed by atoms with Gasteiger partial charge in [-0.25, -0.2) is 0 Å². The summed E-state index contributed by atoms with van der Waals surface area (Å²) in [7, 11) is 0. The maximum absolute atomic E-state index is 3.72. The van der Waals surface area contributed by atoms with Crippen LogP contribution < -0.4 is 5.32 Å². The molecule has 0 spiro atoms. The second-order valence-corrected chi connectivity index (χ2v) is 7.08. The Kier molecular flexibility index (Phi) is 5.22. The van der Waals surface area contributed by atoms with Crippen LogP contribution in [-0.4, -0.2) is 30.6 Å². The van der Waals surface area contributed by atoms with Crippen molar-refractivity contribution in [1.82, 2.24) is 10.2 Å². The maximum atomic E-state index is 3.72. The molecule has 1 unspecified atom stereocenters. The molecule has 112 valence electrons. The number of nitrogens with one attached hydrogen (secondary N) is 1. The molecule has 1 aliphatic heterocycles. The van der Waals surface area contributed by atoms with Crippen molar-refractivity contribution < 1.29 is 0 Å². The molecule has 0 saturated carbocycles. The van der Waals surface area contributed by atoms with Crippen molar-refractivity contribution in [2.75, 3.05) is 19.6 Å². The van der Waals surface area contributed by atoms with Crippen LogP contribution in [-0.2, 0) is 13.0 Å². The first-order valence-corrected chi connectivity index (χ1v) is 8.03. The van der Waals surface area contributed by atoms with Crippen LogP contribution >= 0.6 is 0 Å². The zero-order valence-corrected chi connectivity index (χ0v) is 13.6. The van der Waals surface area contributed by atoms with Gasteiger partial charge in [0.15, 0.2) is 0 Å². The van der Waals surface area contributed by atoms with E-state index in [1.165, 1.54) is 24.1 Å². The molecule has 1 atom stereocenters. The molecule has 2 rings (SSSR count). The summed E-state index contributed by atoms with van der Waals surface area (Å²) in [5, 5.41) is 3.72. The highest BCUT2D eigenvalue weighted by Crippen LogP contribution is 2.23. The summed E-state index contributed by atoms with van der Waals surface area (Å²) in [4.78, 5) is 2.63. The van der Waals surface area contributed by atoms with Crippen LogP contribution in [0.15, 0.2) is 24.3 Å². The van der Waals surface area contributed by atoms with E-state index in [0.717, 1.165) is 26.1 Å². The van der Waals surface area contributed by atoms with Gasteiger partial charge in [0.05, 0.1) is 0 Å². The normalized spacial score (nSPS) is 21.7. The lowest BCUT2D eigenvalue weighted by molar-refractivity contribution is 0.192. The highest BCUT2D eigenvalue weighted by Gasteiger charge is 2.28. The number of aryl methyl sites for hydroxylation is 1. The molecule has 0 aromatic heterocycles. The molecule has 1 aromatic carbocycles. The number of hydrogen-bond acceptors (Lipinski definition) is 2. The molecule has 2 nitrogen and oxygen atoms in total. The second-order valence-electron chi connectivity index (χ2n) is 7.08. The predicted octanol–water partition coefficient (Wildman–Crippen LogP) is 3.46. The Balaban J connectivity index is 2.07. The Morgan fingerprint density at radius 3 is 2.55 bits per heavy atom. The quantitative estimate of drug-likeness (QED) is 0.908. The minimum atomic E-state index is 0.326. The third-order valence-corrected chi connectivity index (χ3v) is 4.42. The van der Waals surface area contributed by atoms with Crippen LogP contribution in [0.3, 0.4) is 0 Å². The fourth-order valence-corrected chi connectivity index (χ4v) is 3.01. The number of hydrogen-bond donors (Lipinski definition) is 1. The summed E-state index contributed by atoms with van der Waals surface area (Å²) >= 11 is 0. The van der Waals surface area contributed by atoms with Crippen molar-refractivity contribution >= 4 is 0 Å². The second kappa shape index (κ2) is 6.73. The molecule has 0 amide bonds. The van der Waals surface area contributed by atoms with Crippen LogP contribution in [0.5, 0.6) is 0 Å². The van der Waals surface area contributed by atoms with Gasteiger partial charge in [0, 0.05) is 19.1 Å². The third-order valence-electron chi connectivity index (χ3n) is 4.42. The lowest BCUT2D eigenvalue weighted by Crippen LogP contribution is -2.46. The van der Waals surface area contributed by atoms with E-state index in [0.29, 0.717) is 11.5 Å². The zero-order valence-electron chi connectivity index (χ0n) is 13.6. The van der Waals surface area contributed by atoms with Gasteiger partial charge >= 0.3 is 0 Å². The van der Waals surface area contributed by atoms with E-state index in [4.69, 9.17) is 0 Å². The monoisotopic (exact) mass is 274 g/mol. The summed E-state index contributed by atoms with van der Waals surface area (Å²) in [6.07, 6.45) is 2.38. The van der Waals surface area contributed by atoms with Crippen LogP contribution in [0.2, 0.25) is 0 Å². The Bertz CT molecular complexity index is 420. The average molecular weight is 274 g/mol. The standard InChI is InChI=1S/C18H30N2/c1-5-15-9-6-7-10-16(15)13-20-12-8-11-19-17(14-20)18(2,3)4/h6-7,9-10,17,19H,5,8,11-14H2,1-4H3. The van der Waals surface area contributed by atoms with Crippen LogP contribution in [0.1, 0.15) is 45.2 Å². The van der Waals surface area contributed by atoms with Gasteiger partial charge in [-0.05, 0) is 42.5 Å². The summed E-state index contributed by atoms with van der Waals surface area (Å²) in [5.41, 5.74) is 3.33. The van der Waals surface area contributed by atoms with E-state index >= 15 is 0 Å². The zero-order chi connectivity index (χ0) is 14.6. The lowest BCUT2D eigenvalue weighted by Gasteiger charge is -2.34. The highest BCUT2D eigenvalue weighted by atomic mass is 15.2. The molecular weight excluding hydrogens is 244 g/mol. The van der Waals surface area contributed by atoms with Crippen molar-refractivity contribution in [3.8, 4) is 0 Å². The largest absolute Gasteiger partial charge is 0.312 e. The molecule has 1 fully saturated rings. The van der Waals surface area contributed by atoms with Crippen LogP contribution in [0.25, 0.3) is 0 Å². The SMILES string of the molecule is CCc1ccccc1CN1CCCNC(C(C)(C)C)C1. The van der Waals surface area contributed by atoms with E-state index in [1.807, 2.05) is 0 Å². The number of rotatable bonds is 3. The predicted molar refractivity (Wildman–Crippen MR) is 87.0 cm³/mol. The summed E-state index contributed by atoms with van der Waals surface area (Å²) < 4.78 is 0. The fraction of sp³-hybridized carbons (Fsp3) is 0.667. The van der Waals surface area contributed by atoms with Gasteiger partial charge < -0.3 is 5.32 Å². The summed E-state index contributed by atoms with van der Waals surface area (Å²) in [5.74, 6) is 0. The molecule has 20 heavy (non-hydrogen) atoms. The van der Waals surface area contributed by atoms with Crippen LogP contribution in [0, 0.1) is 5.41 Å². The van der Waals surface area contributed by atoms with E-state index in [1.54, 1.807) is 0 Å². The van der Waals surface area contributed by atoms with E-state index in [-0.39, 0.29) is 0 Å². The number of benzene rings is 1. The average Bonchev–Trinajstić information content (AvgIpc) is 2.64. The highest BCUT2D eigenvalue weighted by molar-refractivity contribution is 5.27. The maximum Gasteiger partial charge on any atom is 0.0243 e. The summed E-state index contributed by atoms with van der Waals surface area (Å²) in [6.45, 7) is 13.9. The van der Waals surface area contributed by atoms with E-state index in [9.17, 15) is 0 Å². The van der Waals surface area contributed by atoms with Crippen molar-refractivity contribution in [3.05, 3.63) is 35.4 Å². The molecular formula is C18H30N2. The minimum Gasteiger partial charge on any atom is -0.312 e. The van der Waals surface area contributed by atoms with Gasteiger partial charge in [0.2, 0.25) is 0 Å². The van der Waals surface area contributed by atoms with Gasteiger partial charge in [-0.2, -0.15) is 0 Å². The van der Waals surface area contributed by atoms with Gasteiger partial charge in [-0.1, -0.05) is 52.0 Å². The molecule has 2 heteroatoms.